The zero-order valence-corrected chi connectivity index (χ0v) is 14.7. The maximum atomic E-state index is 13.3. The zero-order chi connectivity index (χ0) is 20.7. The van der Waals surface area contributed by atoms with Gasteiger partial charge in [-0.3, -0.25) is 9.20 Å². The Labute approximate surface area is 156 Å². The summed E-state index contributed by atoms with van der Waals surface area (Å²) in [5.74, 6) is -3.27. The normalized spacial score (nSPS) is 13.8. The first-order chi connectivity index (χ1) is 13.0. The molecule has 28 heavy (non-hydrogen) atoms. The van der Waals surface area contributed by atoms with Gasteiger partial charge in [-0.2, -0.15) is 26.3 Å². The second-order valence-electron chi connectivity index (χ2n) is 5.54. The van der Waals surface area contributed by atoms with E-state index in [1.165, 1.54) is 24.3 Å². The minimum atomic E-state index is -4.85. The number of carbonyl (C=O) groups excluding carboxylic acids is 1. The lowest BCUT2D eigenvalue weighted by molar-refractivity contribution is -0.213. The van der Waals surface area contributed by atoms with Crippen LogP contribution < -0.4 is 0 Å². The average molecular weight is 424 g/mol. The molecular formula is C15H10F6N4O2S. The first kappa shape index (κ1) is 20.2. The van der Waals surface area contributed by atoms with Crippen molar-refractivity contribution in [2.75, 3.05) is 5.75 Å². The van der Waals surface area contributed by atoms with Crippen LogP contribution in [0.1, 0.15) is 12.7 Å². The first-order valence-corrected chi connectivity index (χ1v) is 8.55. The van der Waals surface area contributed by atoms with E-state index in [1.54, 1.807) is 0 Å². The molecule has 0 aliphatic heterocycles. The molecule has 0 N–H and O–H groups in total. The molecule has 0 bridgehead atoms. The van der Waals surface area contributed by atoms with Crippen LogP contribution in [-0.4, -0.2) is 43.6 Å². The number of hydrogen-bond acceptors (Lipinski definition) is 6. The number of nitrogens with zero attached hydrogens (tertiary/aromatic N) is 4. The summed E-state index contributed by atoms with van der Waals surface area (Å²) in [7, 11) is 0. The molecule has 0 amide bonds. The van der Waals surface area contributed by atoms with Crippen LogP contribution in [-0.2, 0) is 15.7 Å². The van der Waals surface area contributed by atoms with Gasteiger partial charge >= 0.3 is 18.3 Å². The Bertz CT molecular complexity index is 1030. The van der Waals surface area contributed by atoms with Gasteiger partial charge in [0.1, 0.15) is 5.03 Å². The van der Waals surface area contributed by atoms with Crippen LogP contribution in [0.5, 0.6) is 0 Å². The van der Waals surface area contributed by atoms with Crippen LogP contribution in [0, 0.1) is 0 Å². The van der Waals surface area contributed by atoms with Crippen molar-refractivity contribution in [3.05, 3.63) is 30.1 Å². The van der Waals surface area contributed by atoms with Gasteiger partial charge in [0.15, 0.2) is 5.65 Å². The third kappa shape index (κ3) is 3.98. The van der Waals surface area contributed by atoms with Gasteiger partial charge in [-0.1, -0.05) is 23.9 Å². The minimum absolute atomic E-state index is 0.0477. The van der Waals surface area contributed by atoms with Gasteiger partial charge in [0.05, 0.1) is 11.0 Å². The minimum Gasteiger partial charge on any atom is -0.452 e. The fraction of sp³-hybridized carbons (Fsp3) is 0.333. The number of ether oxygens (including phenoxy) is 1. The molecule has 1 atom stereocenters. The van der Waals surface area contributed by atoms with Gasteiger partial charge < -0.3 is 4.74 Å². The van der Waals surface area contributed by atoms with E-state index in [0.29, 0.717) is 16.2 Å². The predicted octanol–water partition coefficient (Wildman–Crippen LogP) is 3.88. The lowest BCUT2D eigenvalue weighted by Gasteiger charge is -2.19. The van der Waals surface area contributed by atoms with Crippen LogP contribution in [0.25, 0.3) is 16.7 Å². The van der Waals surface area contributed by atoms with E-state index < -0.39 is 36.0 Å². The molecule has 3 rings (SSSR count). The molecule has 3 aromatic rings. The van der Waals surface area contributed by atoms with Crippen molar-refractivity contribution in [2.24, 2.45) is 0 Å². The molecule has 0 aliphatic carbocycles. The average Bonchev–Trinajstić information content (AvgIpc) is 3.03. The van der Waals surface area contributed by atoms with E-state index in [1.807, 2.05) is 0 Å². The third-order valence-corrected chi connectivity index (χ3v) is 4.51. The Kier molecular flexibility index (Phi) is 5.12. The molecule has 0 saturated heterocycles. The number of benzene rings is 1. The standard InChI is InChI=1S/C15H10F6N4O2S/c1-7(26)27-10(14(16,17)18)6-28-12-11-23-24-13(15(19,20)21)25(11)9-5-3-2-4-8(9)22-12/h2-5,10H,6H2,1H3. The number of esters is 1. The Balaban J connectivity index is 2.08. The van der Waals surface area contributed by atoms with E-state index >= 15 is 0 Å². The molecule has 0 spiro atoms. The summed E-state index contributed by atoms with van der Waals surface area (Å²) in [6.07, 6.45) is -12.1. The van der Waals surface area contributed by atoms with E-state index in [2.05, 4.69) is 19.9 Å². The summed E-state index contributed by atoms with van der Waals surface area (Å²) in [6, 6.07) is 5.77. The smallest absolute Gasteiger partial charge is 0.452 e. The maximum absolute atomic E-state index is 13.3. The number of hydrogen-bond donors (Lipinski definition) is 0. The van der Waals surface area contributed by atoms with Gasteiger partial charge in [0, 0.05) is 12.7 Å². The largest absolute Gasteiger partial charge is 0.452 e. The highest BCUT2D eigenvalue weighted by atomic mass is 32.2. The van der Waals surface area contributed by atoms with Crippen LogP contribution in [0.2, 0.25) is 0 Å². The predicted molar refractivity (Wildman–Crippen MR) is 85.6 cm³/mol. The fourth-order valence-electron chi connectivity index (χ4n) is 2.39. The number of fused-ring (bicyclic) bond motifs is 3. The summed E-state index contributed by atoms with van der Waals surface area (Å²) >= 11 is 0.467. The molecular weight excluding hydrogens is 414 g/mol. The topological polar surface area (TPSA) is 69.4 Å². The van der Waals surface area contributed by atoms with Crippen LogP contribution in [0.3, 0.4) is 0 Å². The van der Waals surface area contributed by atoms with E-state index in [-0.39, 0.29) is 21.7 Å². The third-order valence-electron chi connectivity index (χ3n) is 3.50. The number of thioether (sulfide) groups is 1. The summed E-state index contributed by atoms with van der Waals surface area (Å²) < 4.78 is 83.8. The molecule has 0 fully saturated rings. The number of aromatic nitrogens is 4. The first-order valence-electron chi connectivity index (χ1n) is 7.56. The zero-order valence-electron chi connectivity index (χ0n) is 13.9. The number of rotatable bonds is 4. The number of alkyl halides is 6. The van der Waals surface area contributed by atoms with Crippen molar-refractivity contribution in [1.29, 1.82) is 0 Å². The number of halogens is 6. The van der Waals surface area contributed by atoms with Crippen molar-refractivity contribution >= 4 is 34.4 Å². The maximum Gasteiger partial charge on any atom is 0.452 e. The lowest BCUT2D eigenvalue weighted by atomic mass is 10.3. The van der Waals surface area contributed by atoms with Crippen molar-refractivity contribution in [1.82, 2.24) is 19.6 Å². The highest BCUT2D eigenvalue weighted by Gasteiger charge is 2.43. The van der Waals surface area contributed by atoms with Crippen molar-refractivity contribution in [3.63, 3.8) is 0 Å². The molecule has 0 aliphatic rings. The highest BCUT2D eigenvalue weighted by Crippen LogP contribution is 2.34. The van der Waals surface area contributed by atoms with Crippen molar-refractivity contribution in [3.8, 4) is 0 Å². The fourth-order valence-corrected chi connectivity index (χ4v) is 3.38. The molecule has 0 saturated carbocycles. The van der Waals surface area contributed by atoms with Gasteiger partial charge in [-0.25, -0.2) is 4.98 Å². The molecule has 2 heterocycles. The Morgan fingerprint density at radius 1 is 1.18 bits per heavy atom. The molecule has 1 aromatic carbocycles. The summed E-state index contributed by atoms with van der Waals surface area (Å²) in [5.41, 5.74) is -0.190. The van der Waals surface area contributed by atoms with Crippen LogP contribution in [0.15, 0.2) is 29.3 Å². The van der Waals surface area contributed by atoms with Gasteiger partial charge in [0.2, 0.25) is 11.9 Å². The molecule has 1 unspecified atom stereocenters. The van der Waals surface area contributed by atoms with Gasteiger partial charge in [0.25, 0.3) is 0 Å². The molecule has 150 valence electrons. The summed E-state index contributed by atoms with van der Waals surface area (Å²) in [5, 5.41) is 6.38. The van der Waals surface area contributed by atoms with E-state index in [0.717, 1.165) is 6.92 Å². The van der Waals surface area contributed by atoms with Crippen molar-refractivity contribution < 1.29 is 35.9 Å². The number of para-hydroxylation sites is 2. The van der Waals surface area contributed by atoms with Crippen molar-refractivity contribution in [2.45, 2.75) is 30.4 Å². The van der Waals surface area contributed by atoms with Gasteiger partial charge in [-0.15, -0.1) is 10.2 Å². The Hall–Kier alpha value is -2.57. The Morgan fingerprint density at radius 3 is 2.46 bits per heavy atom. The second kappa shape index (κ2) is 7.11. The SMILES string of the molecule is CC(=O)OC(CSc1nc2ccccc2n2c(C(F)(F)F)nnc12)C(F)(F)F. The van der Waals surface area contributed by atoms with E-state index in [4.69, 9.17) is 0 Å². The van der Waals surface area contributed by atoms with E-state index in [9.17, 15) is 31.1 Å². The van der Waals surface area contributed by atoms with Crippen LogP contribution >= 0.6 is 11.8 Å². The monoisotopic (exact) mass is 424 g/mol. The number of carbonyl (C=O) groups is 1. The molecule has 6 nitrogen and oxygen atoms in total. The molecule has 2 aromatic heterocycles. The lowest BCUT2D eigenvalue weighted by Crippen LogP contribution is -2.35. The summed E-state index contributed by atoms with van der Waals surface area (Å²) in [6.45, 7) is 0.823. The molecule has 0 radical (unpaired) electrons. The Morgan fingerprint density at radius 2 is 1.86 bits per heavy atom. The highest BCUT2D eigenvalue weighted by molar-refractivity contribution is 7.99. The van der Waals surface area contributed by atoms with Crippen LogP contribution in [0.4, 0.5) is 26.3 Å². The van der Waals surface area contributed by atoms with Gasteiger partial charge in [-0.05, 0) is 12.1 Å². The summed E-state index contributed by atoms with van der Waals surface area (Å²) in [4.78, 5) is 15.0. The second-order valence-corrected chi connectivity index (χ2v) is 6.55. The molecule has 13 heteroatoms. The quantitative estimate of drug-likeness (QED) is 0.360.